The number of carbonyl (C=O) groups excluding carboxylic acids is 2. The Morgan fingerprint density at radius 3 is 2.81 bits per heavy atom. The van der Waals surface area contributed by atoms with Crippen molar-refractivity contribution >= 4 is 12.1 Å². The average Bonchev–Trinajstić information content (AvgIpc) is 3.10. The molecule has 1 unspecified atom stereocenters. The zero-order valence-corrected chi connectivity index (χ0v) is 11.9. The van der Waals surface area contributed by atoms with Gasteiger partial charge in [-0.2, -0.15) is 5.10 Å². The third-order valence-electron chi connectivity index (χ3n) is 4.09. The highest BCUT2D eigenvalue weighted by Gasteiger charge is 2.45. The number of hydrogen-bond acceptors (Lipinski definition) is 6. The van der Waals surface area contributed by atoms with E-state index in [0.29, 0.717) is 39.1 Å². The Kier molecular flexibility index (Phi) is 3.52. The van der Waals surface area contributed by atoms with Gasteiger partial charge in [-0.3, -0.25) is 9.48 Å². The molecule has 0 saturated carbocycles. The molecule has 0 radical (unpaired) electrons. The summed E-state index contributed by atoms with van der Waals surface area (Å²) in [4.78, 5) is 29.2. The van der Waals surface area contributed by atoms with Gasteiger partial charge in [0, 0.05) is 25.9 Å². The Morgan fingerprint density at radius 1 is 1.48 bits per heavy atom. The van der Waals surface area contributed by atoms with E-state index in [9.17, 15) is 9.59 Å². The van der Waals surface area contributed by atoms with Gasteiger partial charge in [-0.25, -0.2) is 9.78 Å². The predicted molar refractivity (Wildman–Crippen MR) is 70.2 cm³/mol. The van der Waals surface area contributed by atoms with Crippen LogP contribution in [0.1, 0.15) is 19.8 Å². The third-order valence-corrected chi connectivity index (χ3v) is 4.09. The molecule has 2 fully saturated rings. The second kappa shape index (κ2) is 5.34. The van der Waals surface area contributed by atoms with Crippen molar-refractivity contribution in [3.8, 4) is 0 Å². The first kappa shape index (κ1) is 13.8. The highest BCUT2D eigenvalue weighted by Crippen LogP contribution is 2.32. The molecule has 1 aromatic rings. The summed E-state index contributed by atoms with van der Waals surface area (Å²) < 4.78 is 11.8. The second-order valence-corrected chi connectivity index (χ2v) is 5.67. The van der Waals surface area contributed by atoms with E-state index < -0.39 is 11.8 Å². The summed E-state index contributed by atoms with van der Waals surface area (Å²) in [5, 5.41) is 4.01. The van der Waals surface area contributed by atoms with Crippen molar-refractivity contribution in [2.24, 2.45) is 5.92 Å². The summed E-state index contributed by atoms with van der Waals surface area (Å²) in [6.45, 7) is 3.85. The van der Waals surface area contributed by atoms with Crippen molar-refractivity contribution < 1.29 is 19.1 Å². The van der Waals surface area contributed by atoms with E-state index in [4.69, 9.17) is 9.47 Å². The number of rotatable bonds is 3. The van der Waals surface area contributed by atoms with Gasteiger partial charge in [-0.05, 0) is 0 Å². The molecule has 21 heavy (non-hydrogen) atoms. The number of hydrogen-bond donors (Lipinski definition) is 0. The van der Waals surface area contributed by atoms with E-state index in [-0.39, 0.29) is 11.8 Å². The van der Waals surface area contributed by atoms with E-state index >= 15 is 0 Å². The molecule has 0 N–H and O–H groups in total. The smallest absolute Gasteiger partial charge is 0.430 e. The first-order valence-electron chi connectivity index (χ1n) is 7.05. The molecule has 114 valence electrons. The molecular weight excluding hydrogens is 276 g/mol. The Morgan fingerprint density at radius 2 is 2.24 bits per heavy atom. The summed E-state index contributed by atoms with van der Waals surface area (Å²) in [6, 6.07) is 0. The van der Waals surface area contributed by atoms with Crippen LogP contribution >= 0.6 is 0 Å². The maximum absolute atomic E-state index is 12.4. The topological polar surface area (TPSA) is 86.5 Å². The van der Waals surface area contributed by atoms with Crippen LogP contribution in [0.4, 0.5) is 4.79 Å². The predicted octanol–water partition coefficient (Wildman–Crippen LogP) is 0.442. The number of nitrogens with zero attached hydrogens (tertiary/aromatic N) is 4. The molecule has 0 aliphatic carbocycles. The van der Waals surface area contributed by atoms with Crippen LogP contribution in [0, 0.1) is 5.92 Å². The summed E-state index contributed by atoms with van der Waals surface area (Å²) in [6.07, 6.45) is 3.70. The molecule has 3 heterocycles. The number of ether oxygens (including phenoxy) is 2. The first-order valence-corrected chi connectivity index (χ1v) is 7.05. The molecule has 1 amide bonds. The van der Waals surface area contributed by atoms with Crippen molar-refractivity contribution in [2.45, 2.75) is 31.9 Å². The van der Waals surface area contributed by atoms with Crippen molar-refractivity contribution in [1.82, 2.24) is 19.7 Å². The Hall–Kier alpha value is -2.12. The van der Waals surface area contributed by atoms with E-state index in [1.165, 1.54) is 6.33 Å². The molecule has 2 aliphatic rings. The highest BCUT2D eigenvalue weighted by atomic mass is 16.8. The minimum Gasteiger partial charge on any atom is -0.430 e. The molecule has 0 bridgehead atoms. The molecule has 2 aliphatic heterocycles. The quantitative estimate of drug-likeness (QED) is 0.752. The number of aromatic nitrogens is 3. The van der Waals surface area contributed by atoms with Crippen LogP contribution in [0.3, 0.4) is 0 Å². The van der Waals surface area contributed by atoms with Crippen LogP contribution in [0.5, 0.6) is 0 Å². The van der Waals surface area contributed by atoms with E-state index in [0.717, 1.165) is 0 Å². The maximum atomic E-state index is 12.4. The fourth-order valence-electron chi connectivity index (χ4n) is 2.80. The standard InChI is InChI=1S/C13H18N4O4/c1-10(6-17-9-14-8-15-17)11(18)16-4-2-13(3-5-16)7-20-12(19)21-13/h8-10H,2-7H2,1H3. The van der Waals surface area contributed by atoms with Gasteiger partial charge in [0.15, 0.2) is 5.60 Å². The van der Waals surface area contributed by atoms with Crippen molar-refractivity contribution in [2.75, 3.05) is 19.7 Å². The lowest BCUT2D eigenvalue weighted by molar-refractivity contribution is -0.139. The lowest BCUT2D eigenvalue weighted by Gasteiger charge is -2.37. The van der Waals surface area contributed by atoms with Crippen LogP contribution in [0.2, 0.25) is 0 Å². The van der Waals surface area contributed by atoms with Gasteiger partial charge in [0.1, 0.15) is 19.3 Å². The summed E-state index contributed by atoms with van der Waals surface area (Å²) >= 11 is 0. The zero-order chi connectivity index (χ0) is 14.9. The molecule has 8 heteroatoms. The number of carbonyl (C=O) groups is 2. The van der Waals surface area contributed by atoms with E-state index in [1.807, 2.05) is 11.8 Å². The van der Waals surface area contributed by atoms with Crippen molar-refractivity contribution in [3.05, 3.63) is 12.7 Å². The second-order valence-electron chi connectivity index (χ2n) is 5.67. The van der Waals surface area contributed by atoms with E-state index in [1.54, 1.807) is 11.0 Å². The Labute approximate surface area is 122 Å². The SMILES string of the molecule is CC(Cn1cncn1)C(=O)N1CCC2(CC1)COC(=O)O2. The summed E-state index contributed by atoms with van der Waals surface area (Å²) in [5.74, 6) is -0.0753. The summed E-state index contributed by atoms with van der Waals surface area (Å²) in [5.41, 5.74) is -0.525. The lowest BCUT2D eigenvalue weighted by atomic mass is 9.91. The fraction of sp³-hybridized carbons (Fsp3) is 0.692. The third kappa shape index (κ3) is 2.84. The molecule has 1 atom stereocenters. The fourth-order valence-corrected chi connectivity index (χ4v) is 2.80. The van der Waals surface area contributed by atoms with Crippen LogP contribution in [0.25, 0.3) is 0 Å². The zero-order valence-electron chi connectivity index (χ0n) is 11.9. The number of piperidine rings is 1. The number of likely N-dealkylation sites (tertiary alicyclic amines) is 1. The van der Waals surface area contributed by atoms with Gasteiger partial charge in [0.2, 0.25) is 5.91 Å². The van der Waals surface area contributed by atoms with Crippen molar-refractivity contribution in [1.29, 1.82) is 0 Å². The maximum Gasteiger partial charge on any atom is 0.509 e. The summed E-state index contributed by atoms with van der Waals surface area (Å²) in [7, 11) is 0. The molecule has 1 aromatic heterocycles. The minimum absolute atomic E-state index is 0.0885. The molecular formula is C13H18N4O4. The van der Waals surface area contributed by atoms with Crippen LogP contribution in [-0.2, 0) is 20.8 Å². The molecule has 1 spiro atoms. The van der Waals surface area contributed by atoms with Gasteiger partial charge in [-0.1, -0.05) is 6.92 Å². The van der Waals surface area contributed by atoms with Crippen LogP contribution in [0.15, 0.2) is 12.7 Å². The number of amides is 1. The lowest BCUT2D eigenvalue weighted by Crippen LogP contribution is -2.49. The van der Waals surface area contributed by atoms with E-state index in [2.05, 4.69) is 10.1 Å². The molecule has 2 saturated heterocycles. The van der Waals surface area contributed by atoms with Crippen LogP contribution in [-0.4, -0.2) is 57.0 Å². The van der Waals surface area contributed by atoms with Gasteiger partial charge in [0.25, 0.3) is 0 Å². The number of cyclic esters (lactones) is 1. The molecule has 8 nitrogen and oxygen atoms in total. The largest absolute Gasteiger partial charge is 0.509 e. The highest BCUT2D eigenvalue weighted by molar-refractivity contribution is 5.78. The van der Waals surface area contributed by atoms with Gasteiger partial charge in [0.05, 0.1) is 12.5 Å². The normalized spacial score (nSPS) is 22.0. The molecule has 3 rings (SSSR count). The van der Waals surface area contributed by atoms with Gasteiger partial charge in [-0.15, -0.1) is 0 Å². The Balaban J connectivity index is 1.54. The molecule has 0 aromatic carbocycles. The average molecular weight is 294 g/mol. The van der Waals surface area contributed by atoms with Gasteiger partial charge < -0.3 is 14.4 Å². The minimum atomic E-state index is -0.602. The Bertz CT molecular complexity index is 522. The van der Waals surface area contributed by atoms with Crippen LogP contribution < -0.4 is 0 Å². The van der Waals surface area contributed by atoms with Crippen molar-refractivity contribution in [3.63, 3.8) is 0 Å². The first-order chi connectivity index (χ1) is 10.1. The monoisotopic (exact) mass is 294 g/mol. The van der Waals surface area contributed by atoms with Gasteiger partial charge >= 0.3 is 6.16 Å².